The smallest absolute Gasteiger partial charge is 0.338 e. The van der Waals surface area contributed by atoms with Gasteiger partial charge in [-0.3, -0.25) is 10.2 Å². The number of ether oxygens (including phenoxy) is 2. The predicted molar refractivity (Wildman–Crippen MR) is 137 cm³/mol. The van der Waals surface area contributed by atoms with Crippen molar-refractivity contribution in [3.8, 4) is 17.1 Å². The van der Waals surface area contributed by atoms with Crippen molar-refractivity contribution in [1.82, 2.24) is 5.01 Å². The van der Waals surface area contributed by atoms with Crippen molar-refractivity contribution in [3.63, 3.8) is 0 Å². The number of thioether (sulfide) groups is 1. The summed E-state index contributed by atoms with van der Waals surface area (Å²) >= 11 is 1.19. The number of carbonyl (C=O) groups excluding carboxylic acids is 2. The van der Waals surface area contributed by atoms with Gasteiger partial charge in [-0.25, -0.2) is 4.79 Å². The van der Waals surface area contributed by atoms with Crippen LogP contribution >= 0.6 is 11.8 Å². The minimum absolute atomic E-state index is 0.0336. The molecule has 2 aromatic carbocycles. The Bertz CT molecular complexity index is 1490. The van der Waals surface area contributed by atoms with Gasteiger partial charge in [0.15, 0.2) is 5.84 Å². The molecule has 36 heavy (non-hydrogen) atoms. The first-order chi connectivity index (χ1) is 17.4. The van der Waals surface area contributed by atoms with E-state index < -0.39 is 11.9 Å². The number of furan rings is 1. The average Bonchev–Trinajstić information content (AvgIpc) is 3.52. The van der Waals surface area contributed by atoms with Crippen LogP contribution < -0.4 is 4.74 Å². The molecule has 0 aliphatic carbocycles. The van der Waals surface area contributed by atoms with Gasteiger partial charge in [-0.05, 0) is 54.6 Å². The Labute approximate surface area is 210 Å². The van der Waals surface area contributed by atoms with Gasteiger partial charge in [-0.1, -0.05) is 36.4 Å². The average molecular weight is 501 g/mol. The highest BCUT2D eigenvalue weighted by Gasteiger charge is 2.36. The van der Waals surface area contributed by atoms with Crippen molar-refractivity contribution >= 4 is 45.8 Å². The van der Waals surface area contributed by atoms with Crippen LogP contribution in [0.15, 0.2) is 80.7 Å². The van der Waals surface area contributed by atoms with Gasteiger partial charge in [0, 0.05) is 5.56 Å². The number of amidine groups is 2. The van der Waals surface area contributed by atoms with Crippen molar-refractivity contribution in [1.29, 1.82) is 5.41 Å². The first-order valence-electron chi connectivity index (χ1n) is 10.9. The molecular formula is C26H20N4O5S. The maximum Gasteiger partial charge on any atom is 0.338 e. The molecule has 0 bridgehead atoms. The molecule has 0 saturated heterocycles. The minimum Gasteiger partial charge on any atom is -0.486 e. The number of esters is 1. The lowest BCUT2D eigenvalue weighted by Gasteiger charge is -2.19. The summed E-state index contributed by atoms with van der Waals surface area (Å²) in [4.78, 5) is 28.9. The molecule has 0 spiro atoms. The van der Waals surface area contributed by atoms with Crippen LogP contribution in [0.2, 0.25) is 0 Å². The zero-order valence-corrected chi connectivity index (χ0v) is 20.2. The molecule has 5 rings (SSSR count). The molecule has 0 unspecified atom stereocenters. The van der Waals surface area contributed by atoms with Crippen LogP contribution in [0.3, 0.4) is 0 Å². The largest absolute Gasteiger partial charge is 0.486 e. The Morgan fingerprint density at radius 3 is 2.72 bits per heavy atom. The molecule has 0 saturated carbocycles. The van der Waals surface area contributed by atoms with Gasteiger partial charge in [-0.2, -0.15) is 15.1 Å². The number of para-hydroxylation sites is 1. The zero-order chi connectivity index (χ0) is 25.2. The quantitative estimate of drug-likeness (QED) is 0.384. The Morgan fingerprint density at radius 1 is 1.14 bits per heavy atom. The van der Waals surface area contributed by atoms with E-state index in [1.165, 1.54) is 30.0 Å². The Hall–Kier alpha value is -4.44. The third-order valence-electron chi connectivity index (χ3n) is 5.45. The van der Waals surface area contributed by atoms with Crippen LogP contribution in [0, 0.1) is 12.3 Å². The molecule has 0 fully saturated rings. The summed E-state index contributed by atoms with van der Waals surface area (Å²) in [6, 6.07) is 17.9. The van der Waals surface area contributed by atoms with Gasteiger partial charge in [0.2, 0.25) is 5.17 Å². The van der Waals surface area contributed by atoms with Crippen LogP contribution in [-0.2, 0) is 9.53 Å². The molecule has 3 heterocycles. The highest BCUT2D eigenvalue weighted by atomic mass is 32.2. The number of methoxy groups -OCH3 is 1. The number of fused-ring (bicyclic) bond motifs is 1. The van der Waals surface area contributed by atoms with Crippen molar-refractivity contribution in [3.05, 3.63) is 83.1 Å². The summed E-state index contributed by atoms with van der Waals surface area (Å²) in [7, 11) is 1.31. The van der Waals surface area contributed by atoms with E-state index in [-0.39, 0.29) is 18.0 Å². The van der Waals surface area contributed by atoms with E-state index in [2.05, 4.69) is 10.1 Å². The molecule has 10 heteroatoms. The highest BCUT2D eigenvalue weighted by Crippen LogP contribution is 2.31. The number of aryl methyl sites for hydroxylation is 1. The normalized spacial score (nSPS) is 16.1. The summed E-state index contributed by atoms with van der Waals surface area (Å²) in [5.41, 5.74) is 1.94. The van der Waals surface area contributed by atoms with Crippen LogP contribution in [0.1, 0.15) is 21.7 Å². The second-order valence-corrected chi connectivity index (χ2v) is 8.85. The number of carbonyl (C=O) groups is 2. The Kier molecular flexibility index (Phi) is 6.26. The van der Waals surface area contributed by atoms with Gasteiger partial charge in [0.05, 0.1) is 18.2 Å². The summed E-state index contributed by atoms with van der Waals surface area (Å²) < 4.78 is 16.6. The lowest BCUT2D eigenvalue weighted by atomic mass is 10.1. The zero-order valence-electron chi connectivity index (χ0n) is 19.3. The van der Waals surface area contributed by atoms with Gasteiger partial charge in [-0.15, -0.1) is 0 Å². The molecule has 0 radical (unpaired) electrons. The van der Waals surface area contributed by atoms with Gasteiger partial charge >= 0.3 is 5.97 Å². The number of hydrogen-bond donors (Lipinski definition) is 1. The summed E-state index contributed by atoms with van der Waals surface area (Å²) in [6.07, 6.45) is 1.44. The first kappa shape index (κ1) is 23.3. The molecule has 2 aliphatic rings. The van der Waals surface area contributed by atoms with Gasteiger partial charge in [0.1, 0.15) is 28.9 Å². The molecule has 1 amide bonds. The molecule has 0 atom stereocenters. The lowest BCUT2D eigenvalue weighted by molar-refractivity contribution is -0.114. The number of benzene rings is 2. The number of nitrogens with one attached hydrogen (secondary N) is 1. The summed E-state index contributed by atoms with van der Waals surface area (Å²) in [5, 5.41) is 15.2. The van der Waals surface area contributed by atoms with E-state index in [9.17, 15) is 9.59 Å². The molecule has 1 aromatic heterocycles. The minimum atomic E-state index is -0.567. The van der Waals surface area contributed by atoms with Crippen LogP contribution in [-0.4, -0.2) is 46.6 Å². The molecule has 180 valence electrons. The molecule has 9 nitrogen and oxygen atoms in total. The summed E-state index contributed by atoms with van der Waals surface area (Å²) in [6.45, 7) is 2.14. The van der Waals surface area contributed by atoms with Crippen LogP contribution in [0.25, 0.3) is 17.4 Å². The van der Waals surface area contributed by atoms with E-state index in [4.69, 9.17) is 19.3 Å². The third-order valence-corrected chi connectivity index (χ3v) is 6.33. The number of nitrogens with zero attached hydrogens (tertiary/aromatic N) is 3. The third kappa shape index (κ3) is 4.46. The van der Waals surface area contributed by atoms with Gasteiger partial charge in [0.25, 0.3) is 5.91 Å². The SMILES string of the molecule is COC(=O)c1ccccc1-c1ccc(/C=C2/C(=N)N3N=C(COc4ccccc4C)SC3=NC2=O)o1. The fraction of sp³-hybridized carbons (Fsp3) is 0.115. The second kappa shape index (κ2) is 9.67. The predicted octanol–water partition coefficient (Wildman–Crippen LogP) is 4.74. The molecule has 3 aromatic rings. The molecule has 2 aliphatic heterocycles. The topological polar surface area (TPSA) is 118 Å². The first-order valence-corrected chi connectivity index (χ1v) is 11.7. The van der Waals surface area contributed by atoms with E-state index >= 15 is 0 Å². The van der Waals surface area contributed by atoms with E-state index in [0.29, 0.717) is 32.9 Å². The van der Waals surface area contributed by atoms with E-state index in [1.54, 1.807) is 36.4 Å². The fourth-order valence-electron chi connectivity index (χ4n) is 3.65. The van der Waals surface area contributed by atoms with Crippen molar-refractivity contribution in [2.45, 2.75) is 6.92 Å². The maximum absolute atomic E-state index is 12.7. The van der Waals surface area contributed by atoms with Crippen molar-refractivity contribution in [2.24, 2.45) is 10.1 Å². The fourth-order valence-corrected chi connectivity index (χ4v) is 4.45. The number of rotatable bonds is 6. The van der Waals surface area contributed by atoms with Crippen LogP contribution in [0.4, 0.5) is 0 Å². The standard InChI is InChI=1S/C26H20N4O5S/c1-15-7-3-6-10-20(15)34-14-22-29-30-23(27)19(24(31)28-26(30)36-22)13-16-11-12-21(35-16)17-8-4-5-9-18(17)25(32)33-2/h3-13,27H,14H2,1-2H3/b19-13-,27-23?. The number of hydrazone groups is 1. The molecule has 1 N–H and O–H groups in total. The number of aliphatic imine (C=N–C) groups is 1. The molecular weight excluding hydrogens is 480 g/mol. The van der Waals surface area contributed by atoms with E-state index in [1.807, 2.05) is 31.2 Å². The second-order valence-electron chi connectivity index (χ2n) is 7.81. The number of hydrogen-bond acceptors (Lipinski definition) is 8. The summed E-state index contributed by atoms with van der Waals surface area (Å²) in [5.74, 6) is 0.322. The maximum atomic E-state index is 12.7. The van der Waals surface area contributed by atoms with Crippen LogP contribution in [0.5, 0.6) is 5.75 Å². The van der Waals surface area contributed by atoms with Crippen molar-refractivity contribution < 1.29 is 23.5 Å². The Balaban J connectivity index is 1.36. The van der Waals surface area contributed by atoms with Gasteiger partial charge < -0.3 is 13.9 Å². The lowest BCUT2D eigenvalue weighted by Crippen LogP contribution is -2.35. The monoisotopic (exact) mass is 500 g/mol. The van der Waals surface area contributed by atoms with Crippen molar-refractivity contribution in [2.75, 3.05) is 13.7 Å². The highest BCUT2D eigenvalue weighted by molar-refractivity contribution is 8.27. The number of amides is 1. The van der Waals surface area contributed by atoms with E-state index in [0.717, 1.165) is 11.3 Å². The Morgan fingerprint density at radius 2 is 1.92 bits per heavy atom.